The van der Waals surface area contributed by atoms with Gasteiger partial charge < -0.3 is 14.4 Å². The first-order valence-electron chi connectivity index (χ1n) is 7.84. The number of likely N-dealkylation sites (tertiary alicyclic amines) is 1. The van der Waals surface area contributed by atoms with Crippen LogP contribution in [-0.4, -0.2) is 33.4 Å². The van der Waals surface area contributed by atoms with Crippen molar-refractivity contribution in [1.29, 1.82) is 0 Å². The van der Waals surface area contributed by atoms with Crippen LogP contribution in [0.25, 0.3) is 0 Å². The summed E-state index contributed by atoms with van der Waals surface area (Å²) in [6, 6.07) is 11.7. The highest BCUT2D eigenvalue weighted by Crippen LogP contribution is 2.29. The number of nitrogens with zero attached hydrogens (tertiary/aromatic N) is 2. The minimum atomic E-state index is -0.669. The van der Waals surface area contributed by atoms with E-state index in [2.05, 4.69) is 0 Å². The Morgan fingerprint density at radius 1 is 1.33 bits per heavy atom. The van der Waals surface area contributed by atoms with Crippen LogP contribution in [0.4, 0.5) is 5.88 Å². The molecule has 1 fully saturated rings. The molecule has 24 heavy (non-hydrogen) atoms. The van der Waals surface area contributed by atoms with Gasteiger partial charge in [0, 0.05) is 12.6 Å². The molecule has 1 N–H and O–H groups in total. The molecule has 1 saturated heterocycles. The Bertz CT molecular complexity index is 728. The van der Waals surface area contributed by atoms with Crippen molar-refractivity contribution < 1.29 is 19.2 Å². The molecular weight excluding hydrogens is 312 g/mol. The molecule has 1 aliphatic heterocycles. The third-order valence-corrected chi connectivity index (χ3v) is 4.30. The van der Waals surface area contributed by atoms with Gasteiger partial charge in [-0.25, -0.2) is 0 Å². The molecule has 1 aromatic heterocycles. The van der Waals surface area contributed by atoms with E-state index in [0.717, 1.165) is 18.4 Å². The van der Waals surface area contributed by atoms with E-state index < -0.39 is 16.9 Å². The van der Waals surface area contributed by atoms with E-state index in [1.165, 1.54) is 12.1 Å². The molecule has 1 amide bonds. The number of carbonyl (C=O) groups is 1. The van der Waals surface area contributed by atoms with Crippen LogP contribution < -0.4 is 0 Å². The van der Waals surface area contributed by atoms with Crippen LogP contribution in [0.2, 0.25) is 0 Å². The molecule has 0 saturated carbocycles. The van der Waals surface area contributed by atoms with E-state index >= 15 is 0 Å². The van der Waals surface area contributed by atoms with Crippen molar-refractivity contribution in [2.24, 2.45) is 0 Å². The Labute approximate surface area is 138 Å². The summed E-state index contributed by atoms with van der Waals surface area (Å²) < 4.78 is 5.00. The minimum Gasteiger partial charge on any atom is -0.395 e. The van der Waals surface area contributed by atoms with Gasteiger partial charge in [-0.05, 0) is 30.9 Å². The van der Waals surface area contributed by atoms with Crippen LogP contribution in [0.15, 0.2) is 46.9 Å². The largest absolute Gasteiger partial charge is 0.433 e. The van der Waals surface area contributed by atoms with Gasteiger partial charge in [0.05, 0.1) is 12.2 Å². The maximum absolute atomic E-state index is 12.5. The van der Waals surface area contributed by atoms with Crippen molar-refractivity contribution in [1.82, 2.24) is 4.90 Å². The van der Waals surface area contributed by atoms with E-state index in [4.69, 9.17) is 4.42 Å². The average Bonchev–Trinajstić information content (AvgIpc) is 3.24. The van der Waals surface area contributed by atoms with Gasteiger partial charge >= 0.3 is 5.88 Å². The lowest BCUT2D eigenvalue weighted by atomic mass is 10.0. The molecule has 1 aliphatic rings. The average molecular weight is 330 g/mol. The zero-order valence-corrected chi connectivity index (χ0v) is 13.0. The maximum atomic E-state index is 12.5. The molecule has 0 aliphatic carbocycles. The Morgan fingerprint density at radius 3 is 2.75 bits per heavy atom. The van der Waals surface area contributed by atoms with E-state index in [0.29, 0.717) is 13.0 Å². The lowest BCUT2D eigenvalue weighted by Gasteiger charge is -2.26. The number of benzene rings is 1. The molecule has 7 heteroatoms. The number of nitro groups is 1. The number of hydrogen-bond acceptors (Lipinski definition) is 5. The summed E-state index contributed by atoms with van der Waals surface area (Å²) in [5.74, 6) is -0.855. The van der Waals surface area contributed by atoms with E-state index in [1.807, 2.05) is 30.3 Å². The third kappa shape index (κ3) is 3.30. The molecule has 0 spiro atoms. The SMILES string of the molecule is O=C(c1ccc([N+](=O)[O-])o1)N1CCCC1CC(O)c1ccccc1. The predicted molar refractivity (Wildman–Crippen MR) is 85.4 cm³/mol. The Kier molecular flexibility index (Phi) is 4.61. The number of aliphatic hydroxyl groups excluding tert-OH is 1. The van der Waals surface area contributed by atoms with Crippen molar-refractivity contribution >= 4 is 11.8 Å². The molecule has 1 aromatic carbocycles. The van der Waals surface area contributed by atoms with Crippen LogP contribution in [0.3, 0.4) is 0 Å². The van der Waals surface area contributed by atoms with Crippen LogP contribution in [0, 0.1) is 10.1 Å². The normalized spacial score (nSPS) is 18.5. The summed E-state index contributed by atoms with van der Waals surface area (Å²) in [5.41, 5.74) is 0.811. The quantitative estimate of drug-likeness (QED) is 0.671. The van der Waals surface area contributed by atoms with Gasteiger partial charge in [0.15, 0.2) is 5.76 Å². The fourth-order valence-corrected chi connectivity index (χ4v) is 3.10. The van der Waals surface area contributed by atoms with Gasteiger partial charge in [-0.1, -0.05) is 30.3 Å². The zero-order valence-electron chi connectivity index (χ0n) is 13.0. The topological polar surface area (TPSA) is 96.8 Å². The first-order chi connectivity index (χ1) is 11.6. The highest BCUT2D eigenvalue weighted by atomic mass is 16.6. The second kappa shape index (κ2) is 6.84. The van der Waals surface area contributed by atoms with E-state index in [-0.39, 0.29) is 17.7 Å². The number of aliphatic hydroxyl groups is 1. The minimum absolute atomic E-state index is 0.0391. The van der Waals surface area contributed by atoms with Crippen LogP contribution in [0.5, 0.6) is 0 Å². The predicted octanol–water partition coefficient (Wildman–Crippen LogP) is 2.92. The van der Waals surface area contributed by atoms with Crippen molar-refractivity contribution in [2.75, 3.05) is 6.54 Å². The number of carbonyl (C=O) groups excluding carboxylic acids is 1. The molecular formula is C17H18N2O5. The van der Waals surface area contributed by atoms with Gasteiger partial charge in [0.1, 0.15) is 4.92 Å². The van der Waals surface area contributed by atoms with Crippen molar-refractivity contribution in [3.8, 4) is 0 Å². The smallest absolute Gasteiger partial charge is 0.395 e. The van der Waals surface area contributed by atoms with Crippen LogP contribution >= 0.6 is 0 Å². The molecule has 7 nitrogen and oxygen atoms in total. The Hall–Kier alpha value is -2.67. The summed E-state index contributed by atoms with van der Waals surface area (Å²) in [7, 11) is 0. The monoisotopic (exact) mass is 330 g/mol. The van der Waals surface area contributed by atoms with Gasteiger partial charge in [-0.2, -0.15) is 0 Å². The highest BCUT2D eigenvalue weighted by Gasteiger charge is 2.33. The third-order valence-electron chi connectivity index (χ3n) is 4.30. The Morgan fingerprint density at radius 2 is 2.08 bits per heavy atom. The first-order valence-corrected chi connectivity index (χ1v) is 7.84. The van der Waals surface area contributed by atoms with Crippen LogP contribution in [-0.2, 0) is 0 Å². The summed E-state index contributed by atoms with van der Waals surface area (Å²) in [4.78, 5) is 24.2. The van der Waals surface area contributed by atoms with Gasteiger partial charge in [0.2, 0.25) is 0 Å². The van der Waals surface area contributed by atoms with Crippen molar-refractivity contribution in [3.63, 3.8) is 0 Å². The molecule has 0 radical (unpaired) electrons. The van der Waals surface area contributed by atoms with E-state index in [1.54, 1.807) is 4.90 Å². The lowest BCUT2D eigenvalue weighted by molar-refractivity contribution is -0.402. The number of furan rings is 1. The summed E-state index contributed by atoms with van der Waals surface area (Å²) in [5, 5.41) is 21.1. The van der Waals surface area contributed by atoms with Gasteiger partial charge in [-0.15, -0.1) is 0 Å². The van der Waals surface area contributed by atoms with Gasteiger partial charge in [-0.3, -0.25) is 14.9 Å². The fraction of sp³-hybridized carbons (Fsp3) is 0.353. The molecule has 2 aromatic rings. The maximum Gasteiger partial charge on any atom is 0.433 e. The number of hydrogen-bond donors (Lipinski definition) is 1. The lowest BCUT2D eigenvalue weighted by Crippen LogP contribution is -2.36. The number of amides is 1. The fourth-order valence-electron chi connectivity index (χ4n) is 3.10. The Balaban J connectivity index is 1.70. The molecule has 126 valence electrons. The molecule has 2 atom stereocenters. The summed E-state index contributed by atoms with van der Waals surface area (Å²) >= 11 is 0. The van der Waals surface area contributed by atoms with Crippen molar-refractivity contribution in [2.45, 2.75) is 31.4 Å². The second-order valence-corrected chi connectivity index (χ2v) is 5.85. The molecule has 3 rings (SSSR count). The second-order valence-electron chi connectivity index (χ2n) is 5.85. The van der Waals surface area contributed by atoms with E-state index in [9.17, 15) is 20.0 Å². The molecule has 0 bridgehead atoms. The standard InChI is InChI=1S/C17H18N2O5/c20-14(12-5-2-1-3-6-12)11-13-7-4-10-18(13)17(21)15-8-9-16(24-15)19(22)23/h1-3,5-6,8-9,13-14,20H,4,7,10-11H2. The summed E-state index contributed by atoms with van der Waals surface area (Å²) in [6.07, 6.45) is 1.40. The highest BCUT2D eigenvalue weighted by molar-refractivity contribution is 5.92. The number of rotatable bonds is 5. The molecule has 2 heterocycles. The van der Waals surface area contributed by atoms with Gasteiger partial charge in [0.25, 0.3) is 5.91 Å². The molecule has 2 unspecified atom stereocenters. The van der Waals surface area contributed by atoms with Crippen molar-refractivity contribution in [3.05, 3.63) is 63.9 Å². The van der Waals surface area contributed by atoms with Crippen LogP contribution in [0.1, 0.15) is 41.5 Å². The first kappa shape index (κ1) is 16.2. The zero-order chi connectivity index (χ0) is 17.1. The summed E-state index contributed by atoms with van der Waals surface area (Å²) in [6.45, 7) is 0.555.